The van der Waals surface area contributed by atoms with Crippen molar-refractivity contribution in [3.63, 3.8) is 0 Å². The molecule has 0 aliphatic carbocycles. The molecule has 1 heterocycles. The Morgan fingerprint density at radius 1 is 1.06 bits per heavy atom. The lowest BCUT2D eigenvalue weighted by Gasteiger charge is -2.15. The minimum atomic E-state index is -0.338. The average molecular weight is 589 g/mol. The molecule has 0 unspecified atom stereocenters. The molecule has 3 aromatic carbocycles. The molecule has 5 nitrogen and oxygen atoms in total. The van der Waals surface area contributed by atoms with Crippen molar-refractivity contribution >= 4 is 51.6 Å². The van der Waals surface area contributed by atoms with Gasteiger partial charge in [-0.15, -0.1) is 0 Å². The van der Waals surface area contributed by atoms with E-state index >= 15 is 0 Å². The number of carbonyl (C=O) groups is 2. The first-order valence-electron chi connectivity index (χ1n) is 10.4. The molecule has 174 valence electrons. The predicted octanol–water partition coefficient (Wildman–Crippen LogP) is 6.56. The molecule has 1 saturated heterocycles. The number of halogens is 2. The first kappa shape index (κ1) is 24.3. The Morgan fingerprint density at radius 3 is 2.47 bits per heavy atom. The van der Waals surface area contributed by atoms with E-state index in [2.05, 4.69) is 22.6 Å². The van der Waals surface area contributed by atoms with Crippen LogP contribution in [0, 0.1) is 16.3 Å². The number of methoxy groups -OCH3 is 1. The summed E-state index contributed by atoms with van der Waals surface area (Å²) in [4.78, 5) is 27.1. The van der Waals surface area contributed by atoms with Crippen LogP contribution in [-0.4, -0.2) is 23.2 Å². The highest BCUT2D eigenvalue weighted by Crippen LogP contribution is 2.38. The van der Waals surface area contributed by atoms with Gasteiger partial charge in [0.2, 0.25) is 0 Å². The van der Waals surface area contributed by atoms with Gasteiger partial charge in [-0.2, -0.15) is 0 Å². The Labute approximate surface area is 215 Å². The molecule has 1 aliphatic heterocycles. The summed E-state index contributed by atoms with van der Waals surface area (Å²) in [6.07, 6.45) is 1.67. The Balaban J connectivity index is 1.55. The molecule has 1 fully saturated rings. The number of carbonyl (C=O) groups excluding carboxylic acids is 2. The summed E-state index contributed by atoms with van der Waals surface area (Å²) < 4.78 is 26.0. The van der Waals surface area contributed by atoms with Crippen molar-refractivity contribution in [2.75, 3.05) is 7.11 Å². The number of imide groups is 1. The van der Waals surface area contributed by atoms with E-state index in [9.17, 15) is 14.0 Å². The maximum Gasteiger partial charge on any atom is 0.293 e. The van der Waals surface area contributed by atoms with Gasteiger partial charge in [0.25, 0.3) is 11.1 Å². The van der Waals surface area contributed by atoms with Gasteiger partial charge in [0, 0.05) is 5.56 Å². The van der Waals surface area contributed by atoms with Crippen LogP contribution in [0.2, 0.25) is 0 Å². The molecule has 2 amide bonds. The Bertz CT molecular complexity index is 1290. The van der Waals surface area contributed by atoms with E-state index in [-0.39, 0.29) is 30.1 Å². The fourth-order valence-corrected chi connectivity index (χ4v) is 5.09. The van der Waals surface area contributed by atoms with Crippen LogP contribution >= 0.6 is 34.4 Å². The first-order valence-corrected chi connectivity index (χ1v) is 12.3. The summed E-state index contributed by atoms with van der Waals surface area (Å²) in [5.41, 5.74) is 3.09. The van der Waals surface area contributed by atoms with Gasteiger partial charge in [-0.05, 0) is 82.2 Å². The topological polar surface area (TPSA) is 55.8 Å². The van der Waals surface area contributed by atoms with Crippen molar-refractivity contribution in [1.29, 1.82) is 0 Å². The zero-order valence-corrected chi connectivity index (χ0v) is 21.5. The summed E-state index contributed by atoms with van der Waals surface area (Å²) in [6.45, 7) is 2.24. The molecule has 34 heavy (non-hydrogen) atoms. The van der Waals surface area contributed by atoms with Gasteiger partial charge in [-0.3, -0.25) is 14.5 Å². The summed E-state index contributed by atoms with van der Waals surface area (Å²) in [7, 11) is 1.52. The number of aryl methyl sites for hydroxylation is 1. The molecule has 0 N–H and O–H groups in total. The third-order valence-electron chi connectivity index (χ3n) is 5.34. The zero-order valence-electron chi connectivity index (χ0n) is 18.5. The van der Waals surface area contributed by atoms with Gasteiger partial charge in [0.1, 0.15) is 12.4 Å². The van der Waals surface area contributed by atoms with Crippen LogP contribution in [0.15, 0.2) is 65.6 Å². The van der Waals surface area contributed by atoms with E-state index in [0.717, 1.165) is 26.5 Å². The molecule has 8 heteroatoms. The average Bonchev–Trinajstić information content (AvgIpc) is 3.07. The van der Waals surface area contributed by atoms with Crippen LogP contribution < -0.4 is 9.47 Å². The largest absolute Gasteiger partial charge is 0.493 e. The molecule has 4 rings (SSSR count). The summed E-state index contributed by atoms with van der Waals surface area (Å²) in [5.74, 6) is 0.270. The summed E-state index contributed by atoms with van der Waals surface area (Å²) in [6, 6.07) is 17.7. The number of ether oxygens (including phenoxy) is 2. The number of thioether (sulfide) groups is 1. The number of nitrogens with zero attached hydrogens (tertiary/aromatic N) is 1. The van der Waals surface area contributed by atoms with Gasteiger partial charge in [0.15, 0.2) is 11.5 Å². The highest BCUT2D eigenvalue weighted by atomic mass is 127. The van der Waals surface area contributed by atoms with Crippen LogP contribution in [0.25, 0.3) is 6.08 Å². The van der Waals surface area contributed by atoms with Crippen LogP contribution in [-0.2, 0) is 17.9 Å². The van der Waals surface area contributed by atoms with Crippen LogP contribution in [0.5, 0.6) is 11.5 Å². The Hall–Kier alpha value is -2.85. The van der Waals surface area contributed by atoms with Gasteiger partial charge >= 0.3 is 0 Å². The third-order valence-corrected chi connectivity index (χ3v) is 7.05. The predicted molar refractivity (Wildman–Crippen MR) is 139 cm³/mol. The van der Waals surface area contributed by atoms with Gasteiger partial charge in [-0.1, -0.05) is 42.5 Å². The van der Waals surface area contributed by atoms with Crippen molar-refractivity contribution in [1.82, 2.24) is 4.90 Å². The van der Waals surface area contributed by atoms with Crippen molar-refractivity contribution in [2.24, 2.45) is 0 Å². The van der Waals surface area contributed by atoms with Gasteiger partial charge in [0.05, 0.1) is 22.1 Å². The molecule has 0 bridgehead atoms. The maximum absolute atomic E-state index is 13.9. The van der Waals surface area contributed by atoms with Gasteiger partial charge < -0.3 is 9.47 Å². The minimum Gasteiger partial charge on any atom is -0.493 e. The molecular weight excluding hydrogens is 568 g/mol. The lowest BCUT2D eigenvalue weighted by Crippen LogP contribution is -2.27. The lowest BCUT2D eigenvalue weighted by molar-refractivity contribution is -0.123. The SMILES string of the molecule is COc1cc(/C=C2\SC(=O)N(Cc3ccccc3C)C2=O)cc(I)c1OCc1ccccc1F. The lowest BCUT2D eigenvalue weighted by atomic mass is 10.1. The van der Waals surface area contributed by atoms with Crippen molar-refractivity contribution in [3.05, 3.63) is 97.2 Å². The molecule has 3 aromatic rings. The van der Waals surface area contributed by atoms with E-state index in [0.29, 0.717) is 27.5 Å². The monoisotopic (exact) mass is 589 g/mol. The van der Waals surface area contributed by atoms with E-state index in [4.69, 9.17) is 9.47 Å². The van der Waals surface area contributed by atoms with E-state index < -0.39 is 0 Å². The second kappa shape index (κ2) is 10.6. The quantitative estimate of drug-likeness (QED) is 0.231. The second-order valence-electron chi connectivity index (χ2n) is 7.61. The highest BCUT2D eigenvalue weighted by molar-refractivity contribution is 14.1. The van der Waals surface area contributed by atoms with Crippen LogP contribution in [0.4, 0.5) is 9.18 Å². The standard InChI is InChI=1S/C26H21FINO4S/c1-16-7-3-4-8-18(16)14-29-25(30)23(34-26(29)31)13-17-11-21(28)24(22(12-17)32-2)33-15-19-9-5-6-10-20(19)27/h3-13H,14-15H2,1-2H3/b23-13-. The Morgan fingerprint density at radius 2 is 1.76 bits per heavy atom. The van der Waals surface area contributed by atoms with Crippen molar-refractivity contribution < 1.29 is 23.5 Å². The van der Waals surface area contributed by atoms with Crippen LogP contribution in [0.1, 0.15) is 22.3 Å². The molecule has 1 aliphatic rings. The van der Waals surface area contributed by atoms with E-state index in [1.165, 1.54) is 18.1 Å². The van der Waals surface area contributed by atoms with Crippen molar-refractivity contribution in [2.45, 2.75) is 20.1 Å². The summed E-state index contributed by atoms with van der Waals surface area (Å²) in [5, 5.41) is -0.300. The smallest absolute Gasteiger partial charge is 0.293 e. The molecular formula is C26H21FINO4S. The van der Waals surface area contributed by atoms with E-state index in [1.807, 2.05) is 37.3 Å². The first-order chi connectivity index (χ1) is 16.4. The number of rotatable bonds is 7. The summed E-state index contributed by atoms with van der Waals surface area (Å²) >= 11 is 3.02. The molecule has 0 aromatic heterocycles. The molecule has 0 atom stereocenters. The van der Waals surface area contributed by atoms with Crippen LogP contribution in [0.3, 0.4) is 0 Å². The molecule has 0 radical (unpaired) electrons. The zero-order chi connectivity index (χ0) is 24.2. The number of hydrogen-bond donors (Lipinski definition) is 0. The normalized spacial score (nSPS) is 14.7. The fourth-order valence-electron chi connectivity index (χ4n) is 3.47. The second-order valence-corrected chi connectivity index (χ2v) is 9.76. The number of amides is 2. The third kappa shape index (κ3) is 5.28. The molecule has 0 saturated carbocycles. The van der Waals surface area contributed by atoms with E-state index in [1.54, 1.807) is 30.3 Å². The Kier molecular flexibility index (Phi) is 7.57. The fraction of sp³-hybridized carbons (Fsp3) is 0.154. The number of hydrogen-bond acceptors (Lipinski definition) is 5. The molecule has 0 spiro atoms. The highest BCUT2D eigenvalue weighted by Gasteiger charge is 2.35. The van der Waals surface area contributed by atoms with Gasteiger partial charge in [-0.25, -0.2) is 4.39 Å². The maximum atomic E-state index is 13.9. The minimum absolute atomic E-state index is 0.0518. The number of benzene rings is 3. The van der Waals surface area contributed by atoms with Crippen molar-refractivity contribution in [3.8, 4) is 11.5 Å².